The lowest BCUT2D eigenvalue weighted by Gasteiger charge is -2.25. The number of ether oxygens (including phenoxy) is 1. The number of amides is 1. The fraction of sp³-hybridized carbons (Fsp3) is 0.125. The molecular weight excluding hydrogens is 494 g/mol. The van der Waals surface area contributed by atoms with Gasteiger partial charge in [0.2, 0.25) is 0 Å². The van der Waals surface area contributed by atoms with Crippen LogP contribution in [0.3, 0.4) is 0 Å². The molecule has 0 aliphatic carbocycles. The summed E-state index contributed by atoms with van der Waals surface area (Å²) in [5, 5.41) is 13.4. The average Bonchev–Trinajstić information content (AvgIpc) is 2.83. The van der Waals surface area contributed by atoms with E-state index >= 15 is 0 Å². The summed E-state index contributed by atoms with van der Waals surface area (Å²) in [6, 6.07) is 18.1. The van der Waals surface area contributed by atoms with Crippen LogP contribution in [0.5, 0.6) is 5.75 Å². The summed E-state index contributed by atoms with van der Waals surface area (Å²) >= 11 is 5.90. The van der Waals surface area contributed by atoms with Crippen molar-refractivity contribution in [1.82, 2.24) is 5.43 Å². The van der Waals surface area contributed by atoms with Gasteiger partial charge in [-0.05, 0) is 49.4 Å². The van der Waals surface area contributed by atoms with E-state index in [4.69, 9.17) is 16.3 Å². The number of carboxylic acid groups (broad SMARTS) is 1. The molecule has 3 rings (SSSR count). The summed E-state index contributed by atoms with van der Waals surface area (Å²) in [6.45, 7) is 1.42. The first-order valence-corrected chi connectivity index (χ1v) is 12.2. The van der Waals surface area contributed by atoms with Crippen LogP contribution in [-0.4, -0.2) is 44.8 Å². The van der Waals surface area contributed by atoms with Gasteiger partial charge in [0.05, 0.1) is 29.0 Å². The van der Waals surface area contributed by atoms with Gasteiger partial charge in [-0.3, -0.25) is 9.10 Å². The molecule has 0 heterocycles. The Hall–Kier alpha value is -3.89. The Morgan fingerprint density at radius 2 is 1.71 bits per heavy atom. The van der Waals surface area contributed by atoms with Crippen molar-refractivity contribution in [3.63, 3.8) is 0 Å². The summed E-state index contributed by atoms with van der Waals surface area (Å²) in [7, 11) is -4.20. The maximum Gasteiger partial charge on any atom is 0.336 e. The summed E-state index contributed by atoms with van der Waals surface area (Å²) in [5.41, 5.74) is 2.69. The van der Waals surface area contributed by atoms with Crippen LogP contribution in [0, 0.1) is 0 Å². The van der Waals surface area contributed by atoms with Gasteiger partial charge in [0.1, 0.15) is 12.3 Å². The van der Waals surface area contributed by atoms with Crippen molar-refractivity contribution in [2.45, 2.75) is 11.8 Å². The first-order chi connectivity index (χ1) is 16.7. The smallest absolute Gasteiger partial charge is 0.336 e. The molecule has 0 bridgehead atoms. The maximum atomic E-state index is 13.5. The number of hydrogen-bond acceptors (Lipinski definition) is 6. The topological polar surface area (TPSA) is 125 Å². The normalized spacial score (nSPS) is 11.3. The minimum absolute atomic E-state index is 0.00286. The molecule has 0 aromatic heterocycles. The quantitative estimate of drug-likeness (QED) is 0.312. The molecule has 0 aliphatic heterocycles. The Morgan fingerprint density at radius 1 is 1.06 bits per heavy atom. The number of carboxylic acids is 1. The van der Waals surface area contributed by atoms with E-state index in [1.54, 1.807) is 37.3 Å². The lowest BCUT2D eigenvalue weighted by atomic mass is 10.1. The first-order valence-electron chi connectivity index (χ1n) is 10.4. The molecule has 0 aliphatic rings. The highest BCUT2D eigenvalue weighted by Crippen LogP contribution is 2.32. The number of sulfonamides is 1. The van der Waals surface area contributed by atoms with Crippen molar-refractivity contribution < 1.29 is 27.9 Å². The summed E-state index contributed by atoms with van der Waals surface area (Å²) in [6.07, 6.45) is 1.17. The number of anilines is 1. The number of nitrogens with one attached hydrogen (secondary N) is 1. The molecule has 35 heavy (non-hydrogen) atoms. The third-order valence-corrected chi connectivity index (χ3v) is 6.73. The van der Waals surface area contributed by atoms with Gasteiger partial charge in [0.25, 0.3) is 15.9 Å². The third-order valence-electron chi connectivity index (χ3n) is 4.71. The third kappa shape index (κ3) is 6.37. The van der Waals surface area contributed by atoms with E-state index < -0.39 is 28.4 Å². The Labute approximate surface area is 207 Å². The molecule has 0 spiro atoms. The molecule has 0 saturated carbocycles. The molecule has 2 N–H and O–H groups in total. The van der Waals surface area contributed by atoms with E-state index in [1.165, 1.54) is 48.7 Å². The van der Waals surface area contributed by atoms with Crippen LogP contribution in [0.15, 0.2) is 82.8 Å². The molecule has 0 saturated heterocycles. The van der Waals surface area contributed by atoms with Gasteiger partial charge >= 0.3 is 5.97 Å². The van der Waals surface area contributed by atoms with Gasteiger partial charge in [0.15, 0.2) is 0 Å². The molecule has 182 valence electrons. The number of benzene rings is 3. The number of carbonyl (C=O) groups excluding carboxylic acids is 1. The van der Waals surface area contributed by atoms with Crippen LogP contribution in [0.25, 0.3) is 0 Å². The lowest BCUT2D eigenvalue weighted by Crippen LogP contribution is -2.39. The molecule has 0 fully saturated rings. The molecule has 3 aromatic rings. The second-order valence-corrected chi connectivity index (χ2v) is 9.35. The molecule has 3 aromatic carbocycles. The zero-order valence-corrected chi connectivity index (χ0v) is 20.2. The number of carbonyl (C=O) groups is 2. The fourth-order valence-electron chi connectivity index (χ4n) is 3.12. The number of aromatic carboxylic acids is 1. The molecule has 0 unspecified atom stereocenters. The molecule has 0 radical (unpaired) electrons. The van der Waals surface area contributed by atoms with Crippen molar-refractivity contribution in [3.05, 3.63) is 88.9 Å². The Balaban J connectivity index is 1.91. The van der Waals surface area contributed by atoms with E-state index in [2.05, 4.69) is 10.5 Å². The minimum Gasteiger partial charge on any atom is -0.492 e. The maximum absolute atomic E-state index is 13.5. The van der Waals surface area contributed by atoms with Crippen LogP contribution in [-0.2, 0) is 14.8 Å². The van der Waals surface area contributed by atoms with Crippen LogP contribution in [0.4, 0.5) is 5.69 Å². The van der Waals surface area contributed by atoms with Crippen molar-refractivity contribution in [3.8, 4) is 5.75 Å². The van der Waals surface area contributed by atoms with Crippen LogP contribution < -0.4 is 14.5 Å². The van der Waals surface area contributed by atoms with E-state index in [1.807, 2.05) is 0 Å². The first kappa shape index (κ1) is 25.7. The Bertz CT molecular complexity index is 1340. The summed E-state index contributed by atoms with van der Waals surface area (Å²) in [4.78, 5) is 24.0. The Kier molecular flexibility index (Phi) is 8.45. The number of hydrogen-bond donors (Lipinski definition) is 2. The van der Waals surface area contributed by atoms with Gasteiger partial charge < -0.3 is 9.84 Å². The zero-order valence-electron chi connectivity index (χ0n) is 18.6. The lowest BCUT2D eigenvalue weighted by molar-refractivity contribution is -0.119. The summed E-state index contributed by atoms with van der Waals surface area (Å²) < 4.78 is 33.5. The SMILES string of the molecule is CCOc1ccccc1N(CC(=O)N/N=C\c1ccccc1C(=O)O)S(=O)(=O)c1ccc(Cl)cc1. The van der Waals surface area contributed by atoms with Crippen molar-refractivity contribution >= 4 is 45.4 Å². The van der Waals surface area contributed by atoms with Crippen LogP contribution in [0.2, 0.25) is 5.02 Å². The number of halogens is 1. The van der Waals surface area contributed by atoms with E-state index in [9.17, 15) is 23.1 Å². The number of hydrazone groups is 1. The van der Waals surface area contributed by atoms with Gasteiger partial charge in [-0.2, -0.15) is 5.10 Å². The van der Waals surface area contributed by atoms with Crippen molar-refractivity contribution in [2.24, 2.45) is 5.10 Å². The van der Waals surface area contributed by atoms with Crippen molar-refractivity contribution in [1.29, 1.82) is 0 Å². The minimum atomic E-state index is -4.20. The molecular formula is C24H22ClN3O6S. The van der Waals surface area contributed by atoms with E-state index in [0.717, 1.165) is 4.31 Å². The van der Waals surface area contributed by atoms with Gasteiger partial charge in [-0.1, -0.05) is 41.9 Å². The number of nitrogens with zero attached hydrogens (tertiary/aromatic N) is 2. The van der Waals surface area contributed by atoms with Crippen LogP contribution in [0.1, 0.15) is 22.8 Å². The molecule has 11 heteroatoms. The molecule has 0 atom stereocenters. The largest absolute Gasteiger partial charge is 0.492 e. The highest BCUT2D eigenvalue weighted by atomic mass is 35.5. The van der Waals surface area contributed by atoms with E-state index in [0.29, 0.717) is 5.02 Å². The average molecular weight is 516 g/mol. The van der Waals surface area contributed by atoms with Crippen molar-refractivity contribution in [2.75, 3.05) is 17.5 Å². The van der Waals surface area contributed by atoms with E-state index in [-0.39, 0.29) is 34.1 Å². The van der Waals surface area contributed by atoms with Gasteiger partial charge in [0, 0.05) is 10.6 Å². The highest BCUT2D eigenvalue weighted by Gasteiger charge is 2.29. The van der Waals surface area contributed by atoms with Gasteiger partial charge in [-0.15, -0.1) is 0 Å². The number of para-hydroxylation sites is 2. The zero-order chi connectivity index (χ0) is 25.4. The summed E-state index contributed by atoms with van der Waals surface area (Å²) in [5.74, 6) is -1.62. The fourth-order valence-corrected chi connectivity index (χ4v) is 4.68. The second-order valence-electron chi connectivity index (χ2n) is 7.05. The Morgan fingerprint density at radius 3 is 2.40 bits per heavy atom. The van der Waals surface area contributed by atoms with Gasteiger partial charge in [-0.25, -0.2) is 18.6 Å². The highest BCUT2D eigenvalue weighted by molar-refractivity contribution is 7.92. The predicted molar refractivity (Wildman–Crippen MR) is 133 cm³/mol. The number of rotatable bonds is 10. The molecule has 9 nitrogen and oxygen atoms in total. The predicted octanol–water partition coefficient (Wildman–Crippen LogP) is 3.78. The monoisotopic (exact) mass is 515 g/mol. The molecule has 1 amide bonds. The standard InChI is InChI=1S/C24H22ClN3O6S/c1-2-34-22-10-6-5-9-21(22)28(35(32,33)19-13-11-18(25)12-14-19)16-23(29)27-26-15-17-7-3-4-8-20(17)24(30)31/h3-15H,2,16H2,1H3,(H,27,29)(H,30,31)/b26-15-. The second kappa shape index (κ2) is 11.5. The van der Waals surface area contributed by atoms with Crippen LogP contribution >= 0.6 is 11.6 Å².